The van der Waals surface area contributed by atoms with E-state index < -0.39 is 0 Å². The average Bonchev–Trinajstić information content (AvgIpc) is 3.19. The zero-order valence-electron chi connectivity index (χ0n) is 13.4. The molecule has 0 bridgehead atoms. The average molecular weight is 291 g/mol. The Morgan fingerprint density at radius 1 is 1.33 bits per heavy atom. The fourth-order valence-corrected chi connectivity index (χ4v) is 4.05. The third-order valence-electron chi connectivity index (χ3n) is 5.51. The molecule has 2 aliphatic rings. The molecule has 2 heterocycles. The van der Waals surface area contributed by atoms with Gasteiger partial charge in [0.15, 0.2) is 0 Å². The number of rotatable bonds is 5. The summed E-state index contributed by atoms with van der Waals surface area (Å²) in [6.07, 6.45) is 9.04. The lowest BCUT2D eigenvalue weighted by Gasteiger charge is -2.30. The van der Waals surface area contributed by atoms with Gasteiger partial charge < -0.3 is 5.11 Å². The van der Waals surface area contributed by atoms with Crippen LogP contribution in [0.5, 0.6) is 0 Å². The molecule has 21 heavy (non-hydrogen) atoms. The second kappa shape index (κ2) is 6.49. The largest absolute Gasteiger partial charge is 0.393 e. The van der Waals surface area contributed by atoms with Crippen molar-refractivity contribution in [2.45, 2.75) is 77.1 Å². The van der Waals surface area contributed by atoms with Gasteiger partial charge in [-0.1, -0.05) is 13.3 Å². The molecule has 0 aromatic carbocycles. The summed E-state index contributed by atoms with van der Waals surface area (Å²) in [6, 6.07) is 3.20. The summed E-state index contributed by atoms with van der Waals surface area (Å²) in [5.74, 6) is 0.490. The summed E-state index contributed by atoms with van der Waals surface area (Å²) in [7, 11) is 0. The van der Waals surface area contributed by atoms with Crippen molar-refractivity contribution < 1.29 is 5.11 Å². The lowest BCUT2D eigenvalue weighted by atomic mass is 9.94. The number of hydrogen-bond donors (Lipinski definition) is 1. The predicted octanol–water partition coefficient (Wildman–Crippen LogP) is 2.98. The Hall–Kier alpha value is -0.870. The predicted molar refractivity (Wildman–Crippen MR) is 84.0 cm³/mol. The lowest BCUT2D eigenvalue weighted by Crippen LogP contribution is -2.38. The molecule has 1 aliphatic carbocycles. The highest BCUT2D eigenvalue weighted by Gasteiger charge is 2.38. The highest BCUT2D eigenvalue weighted by molar-refractivity contribution is 5.02. The summed E-state index contributed by atoms with van der Waals surface area (Å²) < 4.78 is 2.09. The fourth-order valence-electron chi connectivity index (χ4n) is 4.05. The number of aliphatic hydroxyl groups is 1. The summed E-state index contributed by atoms with van der Waals surface area (Å²) in [5.41, 5.74) is 1.18. The summed E-state index contributed by atoms with van der Waals surface area (Å²) in [6.45, 7) is 6.51. The van der Waals surface area contributed by atoms with Crippen LogP contribution in [-0.2, 0) is 6.54 Å². The van der Waals surface area contributed by atoms with Crippen molar-refractivity contribution >= 4 is 0 Å². The van der Waals surface area contributed by atoms with Crippen LogP contribution in [0.25, 0.3) is 0 Å². The van der Waals surface area contributed by atoms with Crippen molar-refractivity contribution in [3.63, 3.8) is 0 Å². The summed E-state index contributed by atoms with van der Waals surface area (Å²) in [5, 5.41) is 14.9. The smallest absolute Gasteiger partial charge is 0.0765 e. The Morgan fingerprint density at radius 3 is 2.90 bits per heavy atom. The Labute approximate surface area is 128 Å². The molecule has 1 aromatic rings. The molecule has 1 saturated heterocycles. The van der Waals surface area contributed by atoms with Crippen molar-refractivity contribution in [3.05, 3.63) is 18.0 Å². The normalized spacial score (nSPS) is 31.9. The van der Waals surface area contributed by atoms with E-state index in [0.29, 0.717) is 18.0 Å². The van der Waals surface area contributed by atoms with E-state index in [9.17, 15) is 5.11 Å². The molecule has 1 saturated carbocycles. The molecular formula is C17H29N3O. The number of aromatic nitrogens is 2. The molecule has 0 spiro atoms. The van der Waals surface area contributed by atoms with Crippen molar-refractivity contribution in [2.75, 3.05) is 6.54 Å². The molecular weight excluding hydrogens is 262 g/mol. The molecule has 0 radical (unpaired) electrons. The Bertz CT molecular complexity index is 459. The van der Waals surface area contributed by atoms with E-state index in [0.717, 1.165) is 25.9 Å². The van der Waals surface area contributed by atoms with Crippen LogP contribution in [0, 0.1) is 5.92 Å². The third-order valence-corrected chi connectivity index (χ3v) is 5.51. The van der Waals surface area contributed by atoms with Crippen molar-refractivity contribution in [1.82, 2.24) is 14.7 Å². The van der Waals surface area contributed by atoms with Gasteiger partial charge in [0, 0.05) is 30.7 Å². The minimum absolute atomic E-state index is 0.0757. The first-order valence-electron chi connectivity index (χ1n) is 8.65. The minimum atomic E-state index is -0.0757. The van der Waals surface area contributed by atoms with Gasteiger partial charge in [0.25, 0.3) is 0 Å². The van der Waals surface area contributed by atoms with Crippen LogP contribution in [0.15, 0.2) is 12.3 Å². The van der Waals surface area contributed by atoms with Crippen LogP contribution in [0.1, 0.15) is 64.1 Å². The van der Waals surface area contributed by atoms with Gasteiger partial charge >= 0.3 is 0 Å². The quantitative estimate of drug-likeness (QED) is 0.907. The first-order chi connectivity index (χ1) is 10.2. The van der Waals surface area contributed by atoms with Gasteiger partial charge in [0.2, 0.25) is 0 Å². The second-order valence-electron chi connectivity index (χ2n) is 6.89. The van der Waals surface area contributed by atoms with Crippen molar-refractivity contribution in [3.8, 4) is 0 Å². The van der Waals surface area contributed by atoms with E-state index >= 15 is 0 Å². The highest BCUT2D eigenvalue weighted by atomic mass is 16.3. The Morgan fingerprint density at radius 2 is 2.19 bits per heavy atom. The van der Waals surface area contributed by atoms with Gasteiger partial charge in [0.05, 0.1) is 11.8 Å². The molecule has 1 aliphatic heterocycles. The molecule has 4 atom stereocenters. The Kier molecular flexibility index (Phi) is 4.65. The highest BCUT2D eigenvalue weighted by Crippen LogP contribution is 2.36. The molecule has 1 aromatic heterocycles. The monoisotopic (exact) mass is 291 g/mol. The van der Waals surface area contributed by atoms with E-state index in [-0.39, 0.29) is 6.10 Å². The molecule has 4 nitrogen and oxygen atoms in total. The Balaban J connectivity index is 1.64. The van der Waals surface area contributed by atoms with E-state index in [2.05, 4.69) is 35.7 Å². The molecule has 1 N–H and O–H groups in total. The maximum Gasteiger partial charge on any atom is 0.0765 e. The van der Waals surface area contributed by atoms with Crippen LogP contribution in [0.4, 0.5) is 0 Å². The zero-order valence-corrected chi connectivity index (χ0v) is 13.4. The van der Waals surface area contributed by atoms with Gasteiger partial charge in [-0.25, -0.2) is 0 Å². The maximum absolute atomic E-state index is 10.2. The van der Waals surface area contributed by atoms with E-state index in [1.54, 1.807) is 0 Å². The molecule has 4 unspecified atom stereocenters. The number of aliphatic hydroxyl groups excluding tert-OH is 1. The third kappa shape index (κ3) is 3.16. The first kappa shape index (κ1) is 15.0. The SMILES string of the molecule is CCC(C)n1ccc(CN2CCCC2C2CCCC2O)n1. The first-order valence-corrected chi connectivity index (χ1v) is 8.65. The topological polar surface area (TPSA) is 41.3 Å². The van der Waals surface area contributed by atoms with E-state index in [1.165, 1.54) is 31.4 Å². The van der Waals surface area contributed by atoms with Gasteiger partial charge in [0.1, 0.15) is 0 Å². The zero-order chi connectivity index (χ0) is 14.8. The summed E-state index contributed by atoms with van der Waals surface area (Å²) >= 11 is 0. The number of hydrogen-bond acceptors (Lipinski definition) is 3. The molecule has 118 valence electrons. The van der Waals surface area contributed by atoms with E-state index in [1.807, 2.05) is 0 Å². The van der Waals surface area contributed by atoms with Crippen molar-refractivity contribution in [1.29, 1.82) is 0 Å². The molecule has 2 fully saturated rings. The maximum atomic E-state index is 10.2. The van der Waals surface area contributed by atoms with Gasteiger partial charge in [-0.3, -0.25) is 9.58 Å². The molecule has 3 rings (SSSR count). The van der Waals surface area contributed by atoms with Gasteiger partial charge in [-0.2, -0.15) is 5.10 Å². The van der Waals surface area contributed by atoms with Gasteiger partial charge in [-0.05, 0) is 51.6 Å². The number of likely N-dealkylation sites (tertiary alicyclic amines) is 1. The minimum Gasteiger partial charge on any atom is -0.393 e. The van der Waals surface area contributed by atoms with Crippen molar-refractivity contribution in [2.24, 2.45) is 5.92 Å². The number of nitrogens with zero attached hydrogens (tertiary/aromatic N) is 3. The van der Waals surface area contributed by atoms with Crippen LogP contribution in [-0.4, -0.2) is 38.5 Å². The summed E-state index contributed by atoms with van der Waals surface area (Å²) in [4.78, 5) is 2.56. The fraction of sp³-hybridized carbons (Fsp3) is 0.824. The van der Waals surface area contributed by atoms with Gasteiger partial charge in [-0.15, -0.1) is 0 Å². The van der Waals surface area contributed by atoms with Crippen LogP contribution < -0.4 is 0 Å². The second-order valence-corrected chi connectivity index (χ2v) is 6.89. The lowest BCUT2D eigenvalue weighted by molar-refractivity contribution is 0.0713. The van der Waals surface area contributed by atoms with E-state index in [4.69, 9.17) is 5.10 Å². The van der Waals surface area contributed by atoms with Crippen LogP contribution in [0.2, 0.25) is 0 Å². The molecule has 0 amide bonds. The van der Waals surface area contributed by atoms with Crippen LogP contribution in [0.3, 0.4) is 0 Å². The molecule has 4 heteroatoms. The standard InChI is InChI=1S/C17H29N3O/c1-3-13(2)20-11-9-14(18-20)12-19-10-5-7-16(19)15-6-4-8-17(15)21/h9,11,13,15-17,21H,3-8,10,12H2,1-2H3. The van der Waals surface area contributed by atoms with Crippen LogP contribution >= 0.6 is 0 Å².